The number of pyridine rings is 1. The summed E-state index contributed by atoms with van der Waals surface area (Å²) in [6.07, 6.45) is 3.66. The van der Waals surface area contributed by atoms with E-state index in [0.29, 0.717) is 5.92 Å². The van der Waals surface area contributed by atoms with Gasteiger partial charge in [-0.3, -0.25) is 4.98 Å². The first-order chi connectivity index (χ1) is 8.66. The Morgan fingerprint density at radius 3 is 2.00 bits per heavy atom. The summed E-state index contributed by atoms with van der Waals surface area (Å²) in [5.74, 6) is 0.580. The van der Waals surface area contributed by atoms with E-state index in [-0.39, 0.29) is 6.04 Å². The summed E-state index contributed by atoms with van der Waals surface area (Å²) in [5.41, 5.74) is 3.78. The summed E-state index contributed by atoms with van der Waals surface area (Å²) < 4.78 is 0. The minimum absolute atomic E-state index is 0.290. The van der Waals surface area contributed by atoms with Crippen LogP contribution in [0.1, 0.15) is 43.9 Å². The molecule has 2 nitrogen and oxygen atoms in total. The molecule has 1 aromatic heterocycles. The molecule has 1 N–H and O–H groups in total. The largest absolute Gasteiger partial charge is 0.379 e. The number of benzene rings is 1. The number of hydrogen-bond acceptors (Lipinski definition) is 2. The maximum Gasteiger partial charge on any atom is 0.0486 e. The van der Waals surface area contributed by atoms with Gasteiger partial charge in [0.2, 0.25) is 0 Å². The quantitative estimate of drug-likeness (QED) is 0.858. The normalized spacial score (nSPS) is 12.4. The van der Waals surface area contributed by atoms with Gasteiger partial charge >= 0.3 is 0 Å². The van der Waals surface area contributed by atoms with E-state index in [1.54, 1.807) is 0 Å². The molecule has 0 aliphatic heterocycles. The van der Waals surface area contributed by atoms with Crippen molar-refractivity contribution in [1.82, 2.24) is 4.98 Å². The second kappa shape index (κ2) is 5.67. The van der Waals surface area contributed by atoms with Gasteiger partial charge in [-0.05, 0) is 48.2 Å². The summed E-state index contributed by atoms with van der Waals surface area (Å²) in [7, 11) is 0. The first-order valence-corrected chi connectivity index (χ1v) is 6.43. The third-order valence-corrected chi connectivity index (χ3v) is 3.17. The molecule has 0 saturated carbocycles. The van der Waals surface area contributed by atoms with Gasteiger partial charge in [0, 0.05) is 24.1 Å². The number of nitrogens with zero attached hydrogens (tertiary/aromatic N) is 1. The molecule has 1 unspecified atom stereocenters. The van der Waals surface area contributed by atoms with Gasteiger partial charge in [0.05, 0.1) is 0 Å². The van der Waals surface area contributed by atoms with Crippen molar-refractivity contribution in [3.8, 4) is 0 Å². The Hall–Kier alpha value is -1.83. The zero-order valence-corrected chi connectivity index (χ0v) is 11.2. The zero-order chi connectivity index (χ0) is 13.0. The van der Waals surface area contributed by atoms with Crippen LogP contribution in [0.15, 0.2) is 48.8 Å². The van der Waals surface area contributed by atoms with Crippen molar-refractivity contribution < 1.29 is 0 Å². The highest BCUT2D eigenvalue weighted by Crippen LogP contribution is 2.21. The molecule has 0 aliphatic carbocycles. The van der Waals surface area contributed by atoms with Crippen molar-refractivity contribution in [1.29, 1.82) is 0 Å². The molecule has 2 heteroatoms. The lowest BCUT2D eigenvalue weighted by atomic mass is 10.0. The topological polar surface area (TPSA) is 24.9 Å². The zero-order valence-electron chi connectivity index (χ0n) is 11.2. The minimum Gasteiger partial charge on any atom is -0.379 e. The van der Waals surface area contributed by atoms with Crippen LogP contribution in [0.25, 0.3) is 0 Å². The molecule has 1 aromatic carbocycles. The van der Waals surface area contributed by atoms with E-state index >= 15 is 0 Å². The van der Waals surface area contributed by atoms with Crippen LogP contribution in [0.3, 0.4) is 0 Å². The van der Waals surface area contributed by atoms with Crippen LogP contribution in [0.2, 0.25) is 0 Å². The first-order valence-electron chi connectivity index (χ1n) is 6.43. The van der Waals surface area contributed by atoms with Gasteiger partial charge < -0.3 is 5.32 Å². The standard InChI is InChI=1S/C16H20N2/c1-12(2)14-4-6-16(7-5-14)18-13(3)15-8-10-17-11-9-15/h4-13,18H,1-3H3. The van der Waals surface area contributed by atoms with Gasteiger partial charge in [-0.1, -0.05) is 26.0 Å². The second-order valence-corrected chi connectivity index (χ2v) is 4.92. The Morgan fingerprint density at radius 2 is 1.44 bits per heavy atom. The number of anilines is 1. The third-order valence-electron chi connectivity index (χ3n) is 3.17. The van der Waals surface area contributed by atoms with Crippen molar-refractivity contribution in [3.05, 3.63) is 59.9 Å². The molecule has 0 saturated heterocycles. The van der Waals surface area contributed by atoms with Crippen LogP contribution < -0.4 is 5.32 Å². The van der Waals surface area contributed by atoms with E-state index in [9.17, 15) is 0 Å². The summed E-state index contributed by atoms with van der Waals surface area (Å²) in [6, 6.07) is 13.0. The van der Waals surface area contributed by atoms with Gasteiger partial charge in [0.1, 0.15) is 0 Å². The molecule has 0 radical (unpaired) electrons. The smallest absolute Gasteiger partial charge is 0.0486 e. The van der Waals surface area contributed by atoms with Gasteiger partial charge in [-0.15, -0.1) is 0 Å². The molecule has 0 aliphatic rings. The Balaban J connectivity index is 2.05. The molecule has 18 heavy (non-hydrogen) atoms. The van der Waals surface area contributed by atoms with Gasteiger partial charge in [0.25, 0.3) is 0 Å². The molecule has 0 spiro atoms. The van der Waals surface area contributed by atoms with Crippen LogP contribution in [0.4, 0.5) is 5.69 Å². The molecule has 2 aromatic rings. The molecule has 0 bridgehead atoms. The Bertz CT molecular complexity index is 474. The third kappa shape index (κ3) is 3.10. The maximum absolute atomic E-state index is 4.04. The number of rotatable bonds is 4. The molecule has 0 fully saturated rings. The Kier molecular flexibility index (Phi) is 3.98. The SMILES string of the molecule is CC(C)c1ccc(NC(C)c2ccncc2)cc1. The van der Waals surface area contributed by atoms with Crippen molar-refractivity contribution in [2.45, 2.75) is 32.7 Å². The van der Waals surface area contributed by atoms with E-state index in [2.05, 4.69) is 55.3 Å². The number of nitrogens with one attached hydrogen (secondary N) is 1. The fourth-order valence-electron chi connectivity index (χ4n) is 1.95. The lowest BCUT2D eigenvalue weighted by Crippen LogP contribution is -2.06. The number of aromatic nitrogens is 1. The summed E-state index contributed by atoms with van der Waals surface area (Å²) in [5, 5.41) is 3.50. The van der Waals surface area contributed by atoms with Crippen LogP contribution in [-0.2, 0) is 0 Å². The van der Waals surface area contributed by atoms with Crippen LogP contribution in [0, 0.1) is 0 Å². The van der Waals surface area contributed by atoms with Crippen molar-refractivity contribution in [3.63, 3.8) is 0 Å². The van der Waals surface area contributed by atoms with Gasteiger partial charge in [-0.2, -0.15) is 0 Å². The average Bonchev–Trinajstić information content (AvgIpc) is 2.40. The summed E-state index contributed by atoms with van der Waals surface area (Å²) in [6.45, 7) is 6.58. The molecular formula is C16H20N2. The van der Waals surface area contributed by atoms with E-state index in [4.69, 9.17) is 0 Å². The highest BCUT2D eigenvalue weighted by Gasteiger charge is 2.05. The predicted octanol–water partition coefficient (Wildman–Crippen LogP) is 4.38. The van der Waals surface area contributed by atoms with Crippen molar-refractivity contribution >= 4 is 5.69 Å². The van der Waals surface area contributed by atoms with Crippen molar-refractivity contribution in [2.75, 3.05) is 5.32 Å². The minimum atomic E-state index is 0.290. The van der Waals surface area contributed by atoms with E-state index in [1.165, 1.54) is 11.1 Å². The molecule has 0 amide bonds. The molecule has 94 valence electrons. The van der Waals surface area contributed by atoms with E-state index < -0.39 is 0 Å². The van der Waals surface area contributed by atoms with Crippen LogP contribution in [0.5, 0.6) is 0 Å². The summed E-state index contributed by atoms with van der Waals surface area (Å²) >= 11 is 0. The molecular weight excluding hydrogens is 220 g/mol. The monoisotopic (exact) mass is 240 g/mol. The fourth-order valence-corrected chi connectivity index (χ4v) is 1.95. The van der Waals surface area contributed by atoms with E-state index in [0.717, 1.165) is 5.69 Å². The lowest BCUT2D eigenvalue weighted by Gasteiger charge is -2.16. The highest BCUT2D eigenvalue weighted by molar-refractivity contribution is 5.47. The Morgan fingerprint density at radius 1 is 0.833 bits per heavy atom. The van der Waals surface area contributed by atoms with Crippen LogP contribution in [-0.4, -0.2) is 4.98 Å². The maximum atomic E-state index is 4.04. The van der Waals surface area contributed by atoms with Crippen molar-refractivity contribution in [2.24, 2.45) is 0 Å². The van der Waals surface area contributed by atoms with Crippen LogP contribution >= 0.6 is 0 Å². The average molecular weight is 240 g/mol. The predicted molar refractivity (Wildman–Crippen MR) is 76.8 cm³/mol. The molecule has 1 atom stereocenters. The first kappa shape index (κ1) is 12.6. The molecule has 1 heterocycles. The molecule has 2 rings (SSSR count). The fraction of sp³-hybridized carbons (Fsp3) is 0.312. The summed E-state index contributed by atoms with van der Waals surface area (Å²) in [4.78, 5) is 4.04. The number of hydrogen-bond donors (Lipinski definition) is 1. The van der Waals surface area contributed by atoms with Gasteiger partial charge in [-0.25, -0.2) is 0 Å². The second-order valence-electron chi connectivity index (χ2n) is 4.92. The Labute approximate surface area is 109 Å². The van der Waals surface area contributed by atoms with E-state index in [1.807, 2.05) is 24.5 Å². The lowest BCUT2D eigenvalue weighted by molar-refractivity contribution is 0.862. The highest BCUT2D eigenvalue weighted by atomic mass is 14.9. The van der Waals surface area contributed by atoms with Gasteiger partial charge in [0.15, 0.2) is 0 Å².